The summed E-state index contributed by atoms with van der Waals surface area (Å²) >= 11 is 11.8. The van der Waals surface area contributed by atoms with Crippen molar-refractivity contribution < 1.29 is 0 Å². The highest BCUT2D eigenvalue weighted by Crippen LogP contribution is 2.25. The van der Waals surface area contributed by atoms with Crippen molar-refractivity contribution in [2.75, 3.05) is 0 Å². The molecule has 1 unspecified atom stereocenters. The van der Waals surface area contributed by atoms with Gasteiger partial charge in [-0.3, -0.25) is 0 Å². The van der Waals surface area contributed by atoms with E-state index in [1.165, 1.54) is 6.20 Å². The molecule has 0 saturated carbocycles. The Labute approximate surface area is 115 Å². The second-order valence-electron chi connectivity index (χ2n) is 4.08. The molecule has 0 amide bonds. The molecule has 4 nitrogen and oxygen atoms in total. The average molecular weight is 283 g/mol. The number of rotatable bonds is 3. The van der Waals surface area contributed by atoms with Crippen LogP contribution >= 0.6 is 23.2 Å². The summed E-state index contributed by atoms with van der Waals surface area (Å²) in [4.78, 5) is 12.6. The summed E-state index contributed by atoms with van der Waals surface area (Å²) in [7, 11) is 0. The first-order valence-corrected chi connectivity index (χ1v) is 6.20. The summed E-state index contributed by atoms with van der Waals surface area (Å²) in [6, 6.07) is 1.70. The van der Waals surface area contributed by atoms with Crippen LogP contribution in [0.4, 0.5) is 0 Å². The number of hydrogen-bond donors (Lipinski definition) is 1. The molecule has 18 heavy (non-hydrogen) atoms. The van der Waals surface area contributed by atoms with Crippen molar-refractivity contribution in [3.8, 4) is 11.5 Å². The molecule has 2 N–H and O–H groups in total. The van der Waals surface area contributed by atoms with Crippen LogP contribution in [0.2, 0.25) is 10.0 Å². The molecule has 94 valence electrons. The summed E-state index contributed by atoms with van der Waals surface area (Å²) < 4.78 is 0. The molecule has 0 saturated heterocycles. The summed E-state index contributed by atoms with van der Waals surface area (Å²) in [5.74, 6) is 0.477. The van der Waals surface area contributed by atoms with Crippen LogP contribution < -0.4 is 5.73 Å². The van der Waals surface area contributed by atoms with Crippen LogP contribution in [-0.2, 0) is 6.42 Å². The first-order chi connectivity index (χ1) is 8.56. The standard InChI is InChI=1S/C12H12Cl2N4/c1-7(15)2-8-4-17-12(18-5-8)11-10(14)3-9(13)6-16-11/h3-7H,2,15H2,1H3. The lowest BCUT2D eigenvalue weighted by molar-refractivity contribution is 0.732. The molecule has 0 aromatic carbocycles. The maximum Gasteiger partial charge on any atom is 0.179 e. The van der Waals surface area contributed by atoms with E-state index in [2.05, 4.69) is 15.0 Å². The predicted octanol–water partition coefficient (Wildman–Crippen LogP) is 2.74. The number of aromatic nitrogens is 3. The minimum absolute atomic E-state index is 0.0803. The Balaban J connectivity index is 2.28. The molecule has 2 aromatic rings. The van der Waals surface area contributed by atoms with Gasteiger partial charge < -0.3 is 5.73 Å². The van der Waals surface area contributed by atoms with E-state index in [0.717, 1.165) is 12.0 Å². The summed E-state index contributed by atoms with van der Waals surface area (Å²) in [6.45, 7) is 1.94. The van der Waals surface area contributed by atoms with E-state index in [-0.39, 0.29) is 6.04 Å². The van der Waals surface area contributed by atoms with Crippen molar-refractivity contribution in [3.63, 3.8) is 0 Å². The molecular formula is C12H12Cl2N4. The van der Waals surface area contributed by atoms with E-state index in [0.29, 0.717) is 21.6 Å². The SMILES string of the molecule is CC(N)Cc1cnc(-c2ncc(Cl)cc2Cl)nc1. The highest BCUT2D eigenvalue weighted by atomic mass is 35.5. The van der Waals surface area contributed by atoms with Gasteiger partial charge in [-0.05, 0) is 25.0 Å². The Morgan fingerprint density at radius 3 is 2.39 bits per heavy atom. The molecule has 0 aliphatic heterocycles. The monoisotopic (exact) mass is 282 g/mol. The van der Waals surface area contributed by atoms with Gasteiger partial charge in [-0.15, -0.1) is 0 Å². The van der Waals surface area contributed by atoms with Gasteiger partial charge in [-0.2, -0.15) is 0 Å². The Hall–Kier alpha value is -1.23. The van der Waals surface area contributed by atoms with Crippen molar-refractivity contribution >= 4 is 23.2 Å². The van der Waals surface area contributed by atoms with Crippen molar-refractivity contribution in [3.05, 3.63) is 40.3 Å². The molecule has 1 atom stereocenters. The van der Waals surface area contributed by atoms with Gasteiger partial charge >= 0.3 is 0 Å². The Morgan fingerprint density at radius 1 is 1.17 bits per heavy atom. The van der Waals surface area contributed by atoms with Crippen LogP contribution in [0.1, 0.15) is 12.5 Å². The van der Waals surface area contributed by atoms with Gasteiger partial charge in [-0.1, -0.05) is 23.2 Å². The minimum Gasteiger partial charge on any atom is -0.328 e. The van der Waals surface area contributed by atoms with E-state index in [9.17, 15) is 0 Å². The van der Waals surface area contributed by atoms with Crippen LogP contribution in [0.25, 0.3) is 11.5 Å². The Kier molecular flexibility index (Phi) is 4.11. The third-order valence-electron chi connectivity index (χ3n) is 2.28. The molecule has 6 heteroatoms. The molecule has 2 heterocycles. The summed E-state index contributed by atoms with van der Waals surface area (Å²) in [5.41, 5.74) is 7.22. The molecule has 2 rings (SSSR count). The fraction of sp³-hybridized carbons (Fsp3) is 0.250. The van der Waals surface area contributed by atoms with E-state index >= 15 is 0 Å². The molecule has 0 aliphatic rings. The highest BCUT2D eigenvalue weighted by Gasteiger charge is 2.09. The van der Waals surface area contributed by atoms with Gasteiger partial charge in [0.05, 0.1) is 10.0 Å². The summed E-state index contributed by atoms with van der Waals surface area (Å²) in [5, 5.41) is 0.916. The highest BCUT2D eigenvalue weighted by molar-refractivity contribution is 6.35. The fourth-order valence-corrected chi connectivity index (χ4v) is 2.00. The maximum absolute atomic E-state index is 6.04. The van der Waals surface area contributed by atoms with Gasteiger partial charge in [0.2, 0.25) is 0 Å². The van der Waals surface area contributed by atoms with E-state index in [1.807, 2.05) is 6.92 Å². The molecular weight excluding hydrogens is 271 g/mol. The predicted molar refractivity (Wildman–Crippen MR) is 72.6 cm³/mol. The molecule has 0 fully saturated rings. The van der Waals surface area contributed by atoms with Crippen LogP contribution in [0.5, 0.6) is 0 Å². The number of nitrogens with two attached hydrogens (primary N) is 1. The third-order valence-corrected chi connectivity index (χ3v) is 2.78. The van der Waals surface area contributed by atoms with E-state index in [1.54, 1.807) is 18.5 Å². The first-order valence-electron chi connectivity index (χ1n) is 5.44. The minimum atomic E-state index is 0.0803. The smallest absolute Gasteiger partial charge is 0.179 e. The molecule has 0 spiro atoms. The molecule has 2 aromatic heterocycles. The second-order valence-corrected chi connectivity index (χ2v) is 4.92. The summed E-state index contributed by atoms with van der Waals surface area (Å²) in [6.07, 6.45) is 5.72. The molecule has 0 bridgehead atoms. The van der Waals surface area contributed by atoms with Crippen molar-refractivity contribution in [2.45, 2.75) is 19.4 Å². The van der Waals surface area contributed by atoms with Gasteiger partial charge in [0, 0.05) is 24.6 Å². The lowest BCUT2D eigenvalue weighted by atomic mass is 10.1. The molecule has 0 aliphatic carbocycles. The zero-order valence-corrected chi connectivity index (χ0v) is 11.3. The number of halogens is 2. The largest absolute Gasteiger partial charge is 0.328 e. The zero-order valence-electron chi connectivity index (χ0n) is 9.77. The van der Waals surface area contributed by atoms with Crippen LogP contribution in [0, 0.1) is 0 Å². The van der Waals surface area contributed by atoms with Crippen LogP contribution in [0.15, 0.2) is 24.7 Å². The van der Waals surface area contributed by atoms with E-state index in [4.69, 9.17) is 28.9 Å². The second kappa shape index (κ2) is 5.61. The average Bonchev–Trinajstić information content (AvgIpc) is 2.30. The van der Waals surface area contributed by atoms with Crippen molar-refractivity contribution in [1.82, 2.24) is 15.0 Å². The van der Waals surface area contributed by atoms with Gasteiger partial charge in [-0.25, -0.2) is 15.0 Å². The molecule has 0 radical (unpaired) electrons. The van der Waals surface area contributed by atoms with E-state index < -0.39 is 0 Å². The Bertz CT molecular complexity index is 540. The number of nitrogens with zero attached hydrogens (tertiary/aromatic N) is 3. The topological polar surface area (TPSA) is 64.7 Å². The van der Waals surface area contributed by atoms with Crippen LogP contribution in [-0.4, -0.2) is 21.0 Å². The van der Waals surface area contributed by atoms with Crippen molar-refractivity contribution in [2.24, 2.45) is 5.73 Å². The van der Waals surface area contributed by atoms with Gasteiger partial charge in [0.15, 0.2) is 5.82 Å². The third kappa shape index (κ3) is 3.16. The maximum atomic E-state index is 6.04. The number of hydrogen-bond acceptors (Lipinski definition) is 4. The lowest BCUT2D eigenvalue weighted by Crippen LogP contribution is -2.18. The fourth-order valence-electron chi connectivity index (χ4n) is 1.53. The lowest BCUT2D eigenvalue weighted by Gasteiger charge is -2.06. The normalized spacial score (nSPS) is 12.4. The van der Waals surface area contributed by atoms with Gasteiger partial charge in [0.25, 0.3) is 0 Å². The quantitative estimate of drug-likeness (QED) is 0.940. The Morgan fingerprint density at radius 2 is 1.83 bits per heavy atom. The van der Waals surface area contributed by atoms with Crippen LogP contribution in [0.3, 0.4) is 0 Å². The zero-order chi connectivity index (χ0) is 13.1. The van der Waals surface area contributed by atoms with Crippen molar-refractivity contribution in [1.29, 1.82) is 0 Å². The first kappa shape index (κ1) is 13.2. The number of pyridine rings is 1. The van der Waals surface area contributed by atoms with Gasteiger partial charge in [0.1, 0.15) is 5.69 Å².